The van der Waals surface area contributed by atoms with Crippen LogP contribution in [-0.2, 0) is 5.41 Å². The summed E-state index contributed by atoms with van der Waals surface area (Å²) in [7, 11) is 2.14. The molecule has 0 fully saturated rings. The van der Waals surface area contributed by atoms with E-state index in [2.05, 4.69) is 61.4 Å². The second-order valence-corrected chi connectivity index (χ2v) is 7.85. The van der Waals surface area contributed by atoms with E-state index in [-0.39, 0.29) is 11.0 Å². The van der Waals surface area contributed by atoms with Crippen molar-refractivity contribution < 1.29 is 0 Å². The topological polar surface area (TPSA) is 50.8 Å². The lowest BCUT2D eigenvalue weighted by Crippen LogP contribution is -2.30. The third-order valence-electron chi connectivity index (χ3n) is 6.17. The molecule has 1 heterocycles. The summed E-state index contributed by atoms with van der Waals surface area (Å²) in [6, 6.07) is 22.4. The monoisotopic (exact) mass is 377 g/mol. The highest BCUT2D eigenvalue weighted by Gasteiger charge is 2.44. The predicted molar refractivity (Wildman–Crippen MR) is 117 cm³/mol. The Hall–Kier alpha value is -3.56. The number of benzene rings is 2. The molecule has 2 aromatic rings. The largest absolute Gasteiger partial charge is 0.347 e. The maximum Gasteiger partial charge on any atom is 0.137 e. The van der Waals surface area contributed by atoms with Crippen LogP contribution < -0.4 is 4.90 Å². The van der Waals surface area contributed by atoms with E-state index >= 15 is 0 Å². The highest BCUT2D eigenvalue weighted by atomic mass is 15.2. The summed E-state index contributed by atoms with van der Waals surface area (Å²) in [5, 5.41) is 18.9. The van der Waals surface area contributed by atoms with Crippen LogP contribution >= 0.6 is 0 Å². The molecule has 0 amide bonds. The van der Waals surface area contributed by atoms with Gasteiger partial charge in [0.25, 0.3) is 0 Å². The Morgan fingerprint density at radius 3 is 2.45 bits per heavy atom. The number of fused-ring (bicyclic) bond motifs is 3. The van der Waals surface area contributed by atoms with E-state index in [1.807, 2.05) is 36.4 Å². The van der Waals surface area contributed by atoms with Crippen molar-refractivity contribution in [2.45, 2.75) is 31.6 Å². The molecule has 0 N–H and O–H groups in total. The first kappa shape index (κ1) is 18.8. The van der Waals surface area contributed by atoms with Gasteiger partial charge in [0.2, 0.25) is 0 Å². The predicted octanol–water partition coefficient (Wildman–Crippen LogP) is 5.89. The molecule has 1 unspecified atom stereocenters. The molecule has 1 aliphatic carbocycles. The van der Waals surface area contributed by atoms with Gasteiger partial charge >= 0.3 is 0 Å². The van der Waals surface area contributed by atoms with E-state index in [0.717, 1.165) is 24.8 Å². The highest BCUT2D eigenvalue weighted by molar-refractivity contribution is 5.82. The van der Waals surface area contributed by atoms with E-state index in [0.29, 0.717) is 5.57 Å². The SMILES string of the molecule is CN1C2=C(/C=C/C(=C(C#N)C#N)c3ccccc3)CCCC2(C)c2ccccc21. The fourth-order valence-electron chi connectivity index (χ4n) is 4.86. The Morgan fingerprint density at radius 2 is 1.72 bits per heavy atom. The van der Waals surface area contributed by atoms with Crippen LogP contribution in [0.25, 0.3) is 5.57 Å². The Morgan fingerprint density at radius 1 is 1.03 bits per heavy atom. The summed E-state index contributed by atoms with van der Waals surface area (Å²) in [6.45, 7) is 2.33. The van der Waals surface area contributed by atoms with Gasteiger partial charge in [0, 0.05) is 29.4 Å². The van der Waals surface area contributed by atoms with Crippen molar-refractivity contribution in [3.8, 4) is 12.1 Å². The summed E-state index contributed by atoms with van der Waals surface area (Å²) in [6.07, 6.45) is 7.31. The van der Waals surface area contributed by atoms with Gasteiger partial charge < -0.3 is 4.90 Å². The molecule has 4 rings (SSSR count). The smallest absolute Gasteiger partial charge is 0.137 e. The van der Waals surface area contributed by atoms with Crippen LogP contribution in [0, 0.1) is 22.7 Å². The molecule has 0 radical (unpaired) electrons. The quantitative estimate of drug-likeness (QED) is 0.495. The van der Waals surface area contributed by atoms with Crippen molar-refractivity contribution in [1.82, 2.24) is 0 Å². The number of nitriles is 2. The molecule has 0 saturated heterocycles. The third-order valence-corrected chi connectivity index (χ3v) is 6.17. The molecule has 0 aromatic heterocycles. The number of anilines is 1. The van der Waals surface area contributed by atoms with E-state index in [1.165, 1.54) is 22.5 Å². The Balaban J connectivity index is 1.83. The second-order valence-electron chi connectivity index (χ2n) is 7.85. The summed E-state index contributed by atoms with van der Waals surface area (Å²) in [5.41, 5.74) is 6.98. The summed E-state index contributed by atoms with van der Waals surface area (Å²) in [5.74, 6) is 0. The number of hydrogen-bond donors (Lipinski definition) is 0. The third kappa shape index (κ3) is 3.06. The van der Waals surface area contributed by atoms with Crippen molar-refractivity contribution in [2.75, 3.05) is 11.9 Å². The van der Waals surface area contributed by atoms with Gasteiger partial charge in [0.1, 0.15) is 17.7 Å². The molecule has 3 nitrogen and oxygen atoms in total. The van der Waals surface area contributed by atoms with Gasteiger partial charge in [-0.2, -0.15) is 10.5 Å². The fraction of sp³-hybridized carbons (Fsp3) is 0.231. The van der Waals surface area contributed by atoms with Crippen LogP contribution in [-0.4, -0.2) is 7.05 Å². The number of allylic oxidation sites excluding steroid dienone is 6. The van der Waals surface area contributed by atoms with E-state index in [9.17, 15) is 10.5 Å². The first-order chi connectivity index (χ1) is 14.1. The molecule has 29 heavy (non-hydrogen) atoms. The van der Waals surface area contributed by atoms with Crippen LogP contribution in [0.5, 0.6) is 0 Å². The van der Waals surface area contributed by atoms with Crippen LogP contribution in [0.3, 0.4) is 0 Å². The molecule has 3 heteroatoms. The average molecular weight is 377 g/mol. The van der Waals surface area contributed by atoms with Gasteiger partial charge in [-0.3, -0.25) is 0 Å². The van der Waals surface area contributed by atoms with Crippen molar-refractivity contribution >= 4 is 11.3 Å². The van der Waals surface area contributed by atoms with Crippen molar-refractivity contribution in [2.24, 2.45) is 0 Å². The Kier molecular flexibility index (Phi) is 4.83. The normalized spacial score (nSPS) is 20.1. The van der Waals surface area contributed by atoms with E-state index in [1.54, 1.807) is 0 Å². The van der Waals surface area contributed by atoms with Crippen molar-refractivity contribution in [3.63, 3.8) is 0 Å². The average Bonchev–Trinajstić information content (AvgIpc) is 3.00. The van der Waals surface area contributed by atoms with Crippen molar-refractivity contribution in [1.29, 1.82) is 10.5 Å². The van der Waals surface area contributed by atoms with Gasteiger partial charge in [-0.25, -0.2) is 0 Å². The van der Waals surface area contributed by atoms with E-state index in [4.69, 9.17) is 0 Å². The molecular formula is C26H23N3. The zero-order valence-electron chi connectivity index (χ0n) is 16.8. The molecule has 142 valence electrons. The van der Waals surface area contributed by atoms with Gasteiger partial charge in [0.05, 0.1) is 0 Å². The first-order valence-electron chi connectivity index (χ1n) is 9.95. The zero-order chi connectivity index (χ0) is 20.4. The standard InChI is InChI=1S/C26H23N3/c1-26-16-8-11-20(25(26)29(2)24-13-7-6-12-23(24)26)14-15-22(21(17-27)18-28)19-9-4-3-5-10-19/h3-7,9-10,12-15H,8,11,16H2,1-2H3/b15-14+. The number of hydrogen-bond acceptors (Lipinski definition) is 3. The lowest BCUT2D eigenvalue weighted by atomic mass is 9.72. The lowest BCUT2D eigenvalue weighted by molar-refractivity contribution is 0.467. The Labute approximate surface area is 172 Å². The van der Waals surface area contributed by atoms with Crippen LogP contribution in [0.2, 0.25) is 0 Å². The minimum Gasteiger partial charge on any atom is -0.347 e. The lowest BCUT2D eigenvalue weighted by Gasteiger charge is -2.35. The molecular weight excluding hydrogens is 354 g/mol. The number of likely N-dealkylation sites (N-methyl/N-ethyl adjacent to an activating group) is 1. The molecule has 1 aliphatic heterocycles. The minimum atomic E-state index is 0.00712. The summed E-state index contributed by atoms with van der Waals surface area (Å²) >= 11 is 0. The minimum absolute atomic E-state index is 0.00712. The maximum absolute atomic E-state index is 9.46. The number of para-hydroxylation sites is 1. The fourth-order valence-corrected chi connectivity index (χ4v) is 4.86. The van der Waals surface area contributed by atoms with Gasteiger partial charge in [-0.05, 0) is 49.0 Å². The van der Waals surface area contributed by atoms with E-state index < -0.39 is 0 Å². The molecule has 0 spiro atoms. The Bertz CT molecular complexity index is 1110. The second kappa shape index (κ2) is 7.46. The molecule has 0 saturated carbocycles. The summed E-state index contributed by atoms with van der Waals surface area (Å²) in [4.78, 5) is 2.32. The molecule has 1 atom stereocenters. The molecule has 0 bridgehead atoms. The zero-order valence-corrected chi connectivity index (χ0v) is 16.8. The van der Waals surface area contributed by atoms with Crippen LogP contribution in [0.1, 0.15) is 37.3 Å². The van der Waals surface area contributed by atoms with Gasteiger partial charge in [0.15, 0.2) is 0 Å². The van der Waals surface area contributed by atoms with Crippen LogP contribution in [0.15, 0.2) is 83.6 Å². The first-order valence-corrected chi connectivity index (χ1v) is 9.95. The van der Waals surface area contributed by atoms with Gasteiger partial charge in [-0.15, -0.1) is 0 Å². The highest BCUT2D eigenvalue weighted by Crippen LogP contribution is 2.53. The summed E-state index contributed by atoms with van der Waals surface area (Å²) < 4.78 is 0. The molecule has 2 aliphatic rings. The van der Waals surface area contributed by atoms with Crippen molar-refractivity contribution in [3.05, 3.63) is 94.7 Å². The number of rotatable bonds is 3. The van der Waals surface area contributed by atoms with Gasteiger partial charge in [-0.1, -0.05) is 60.7 Å². The maximum atomic E-state index is 9.46. The molecule has 2 aromatic carbocycles. The van der Waals surface area contributed by atoms with Crippen LogP contribution in [0.4, 0.5) is 5.69 Å². The number of nitrogens with zero attached hydrogens (tertiary/aromatic N) is 3.